The minimum absolute atomic E-state index is 0.269. The van der Waals surface area contributed by atoms with Crippen molar-refractivity contribution < 1.29 is 9.47 Å². The highest BCUT2D eigenvalue weighted by atomic mass is 35.5. The van der Waals surface area contributed by atoms with Crippen LogP contribution in [0.25, 0.3) is 10.9 Å². The summed E-state index contributed by atoms with van der Waals surface area (Å²) in [5.41, 5.74) is 2.37. The number of benzene rings is 1. The molecule has 0 radical (unpaired) electrons. The van der Waals surface area contributed by atoms with Crippen molar-refractivity contribution >= 4 is 28.5 Å². The molecule has 1 aromatic heterocycles. The van der Waals surface area contributed by atoms with Gasteiger partial charge in [-0.25, -0.2) is 0 Å². The maximum atomic E-state index is 6.12. The molecule has 1 atom stereocenters. The molecule has 0 saturated carbocycles. The second kappa shape index (κ2) is 10.5. The molecule has 2 aromatic rings. The number of aromatic amines is 1. The van der Waals surface area contributed by atoms with Gasteiger partial charge < -0.3 is 25.1 Å². The van der Waals surface area contributed by atoms with E-state index in [9.17, 15) is 0 Å². The summed E-state index contributed by atoms with van der Waals surface area (Å²) in [5.74, 6) is 0.847. The fraction of sp³-hybridized carbons (Fsp3) is 0.550. The Labute approximate surface area is 165 Å². The van der Waals surface area contributed by atoms with Crippen LogP contribution in [0.15, 0.2) is 29.4 Å². The van der Waals surface area contributed by atoms with Gasteiger partial charge in [-0.2, -0.15) is 0 Å². The molecule has 27 heavy (non-hydrogen) atoms. The summed E-state index contributed by atoms with van der Waals surface area (Å²) in [6.07, 6.45) is 5.14. The third-order valence-electron chi connectivity index (χ3n) is 4.57. The van der Waals surface area contributed by atoms with Crippen molar-refractivity contribution in [1.29, 1.82) is 0 Å². The van der Waals surface area contributed by atoms with Crippen molar-refractivity contribution in [3.63, 3.8) is 0 Å². The number of ether oxygens (including phenoxy) is 2. The van der Waals surface area contributed by atoms with Crippen molar-refractivity contribution in [2.75, 3.05) is 39.5 Å². The van der Waals surface area contributed by atoms with Crippen LogP contribution in [0.2, 0.25) is 5.02 Å². The van der Waals surface area contributed by atoms with E-state index in [2.05, 4.69) is 33.7 Å². The van der Waals surface area contributed by atoms with Crippen molar-refractivity contribution in [2.24, 2.45) is 4.99 Å². The lowest BCUT2D eigenvalue weighted by Crippen LogP contribution is -2.38. The molecule has 6 nitrogen and oxygen atoms in total. The molecule has 3 rings (SSSR count). The van der Waals surface area contributed by atoms with Gasteiger partial charge in [0.05, 0.1) is 12.7 Å². The standard InChI is InChI=1S/C20H29ClN4O2/c1-2-22-20(23-8-3-10-27-17-7-11-26-14-17)24-9-6-15-13-25-19-5-4-16(21)12-18(15)19/h4-5,12-13,17,25H,2-3,6-11,14H2,1H3,(H2,22,23,24). The van der Waals surface area contributed by atoms with Gasteiger partial charge in [0.1, 0.15) is 0 Å². The van der Waals surface area contributed by atoms with Crippen molar-refractivity contribution in [2.45, 2.75) is 32.3 Å². The van der Waals surface area contributed by atoms with E-state index >= 15 is 0 Å². The zero-order valence-corrected chi connectivity index (χ0v) is 16.6. The molecule has 2 heterocycles. The number of fused-ring (bicyclic) bond motifs is 1. The first kappa shape index (κ1) is 20.0. The lowest BCUT2D eigenvalue weighted by Gasteiger charge is -2.12. The molecular weight excluding hydrogens is 364 g/mol. The van der Waals surface area contributed by atoms with Crippen molar-refractivity contribution in [1.82, 2.24) is 15.6 Å². The maximum absolute atomic E-state index is 6.12. The Balaban J connectivity index is 1.42. The lowest BCUT2D eigenvalue weighted by atomic mass is 10.1. The van der Waals surface area contributed by atoms with E-state index in [0.29, 0.717) is 0 Å². The summed E-state index contributed by atoms with van der Waals surface area (Å²) in [6, 6.07) is 5.93. The maximum Gasteiger partial charge on any atom is 0.191 e. The predicted molar refractivity (Wildman–Crippen MR) is 111 cm³/mol. The van der Waals surface area contributed by atoms with E-state index < -0.39 is 0 Å². The monoisotopic (exact) mass is 392 g/mol. The average molecular weight is 393 g/mol. The van der Waals surface area contributed by atoms with Gasteiger partial charge in [0, 0.05) is 55.0 Å². The largest absolute Gasteiger partial charge is 0.379 e. The van der Waals surface area contributed by atoms with Crippen LogP contribution >= 0.6 is 11.6 Å². The lowest BCUT2D eigenvalue weighted by molar-refractivity contribution is 0.0424. The molecule has 1 aliphatic heterocycles. The van der Waals surface area contributed by atoms with Crippen molar-refractivity contribution in [3.8, 4) is 0 Å². The third kappa shape index (κ3) is 6.13. The van der Waals surface area contributed by atoms with E-state index in [4.69, 9.17) is 21.1 Å². The summed E-state index contributed by atoms with van der Waals surface area (Å²) in [7, 11) is 0. The highest BCUT2D eigenvalue weighted by Crippen LogP contribution is 2.22. The molecule has 7 heteroatoms. The Kier molecular flexibility index (Phi) is 7.80. The molecule has 0 bridgehead atoms. The molecule has 1 saturated heterocycles. The van der Waals surface area contributed by atoms with Crippen LogP contribution in [0.5, 0.6) is 0 Å². The number of hydrogen-bond acceptors (Lipinski definition) is 3. The van der Waals surface area contributed by atoms with Gasteiger partial charge >= 0.3 is 0 Å². The second-order valence-corrected chi connectivity index (χ2v) is 7.09. The van der Waals surface area contributed by atoms with E-state index in [1.807, 2.05) is 18.2 Å². The smallest absolute Gasteiger partial charge is 0.191 e. The minimum Gasteiger partial charge on any atom is -0.379 e. The molecule has 0 aliphatic carbocycles. The second-order valence-electron chi connectivity index (χ2n) is 6.65. The first-order valence-corrected chi connectivity index (χ1v) is 10.1. The summed E-state index contributed by atoms with van der Waals surface area (Å²) in [4.78, 5) is 7.92. The number of H-pyrrole nitrogens is 1. The predicted octanol–water partition coefficient (Wildman–Crippen LogP) is 3.11. The molecule has 3 N–H and O–H groups in total. The number of hydrogen-bond donors (Lipinski definition) is 3. The normalized spacial score (nSPS) is 17.6. The number of nitrogens with zero attached hydrogens (tertiary/aromatic N) is 1. The Bertz CT molecular complexity index is 741. The zero-order valence-electron chi connectivity index (χ0n) is 15.9. The van der Waals surface area contributed by atoms with Gasteiger partial charge in [-0.3, -0.25) is 4.99 Å². The summed E-state index contributed by atoms with van der Waals surface area (Å²) < 4.78 is 11.1. The molecule has 1 unspecified atom stereocenters. The van der Waals surface area contributed by atoms with E-state index in [1.54, 1.807) is 0 Å². The number of rotatable bonds is 9. The number of guanidine groups is 1. The molecule has 1 fully saturated rings. The molecule has 1 aliphatic rings. The Morgan fingerprint density at radius 2 is 2.33 bits per heavy atom. The molecule has 0 spiro atoms. The quantitative estimate of drug-likeness (QED) is 0.348. The number of aliphatic imine (C=N–C) groups is 1. The van der Waals surface area contributed by atoms with Gasteiger partial charge in [-0.05, 0) is 49.9 Å². The Hall–Kier alpha value is -1.76. The first-order valence-electron chi connectivity index (χ1n) is 9.73. The molecular formula is C20H29ClN4O2. The van der Waals surface area contributed by atoms with Crippen LogP contribution in [-0.4, -0.2) is 56.5 Å². The van der Waals surface area contributed by atoms with Crippen LogP contribution in [0.4, 0.5) is 0 Å². The fourth-order valence-corrected chi connectivity index (χ4v) is 3.34. The molecule has 0 amide bonds. The number of nitrogens with one attached hydrogen (secondary N) is 3. The zero-order chi connectivity index (χ0) is 18.9. The average Bonchev–Trinajstić information content (AvgIpc) is 3.31. The Morgan fingerprint density at radius 3 is 3.15 bits per heavy atom. The summed E-state index contributed by atoms with van der Waals surface area (Å²) in [6.45, 7) is 6.73. The summed E-state index contributed by atoms with van der Waals surface area (Å²) >= 11 is 6.12. The molecule has 148 valence electrons. The van der Waals surface area contributed by atoms with Gasteiger partial charge in [-0.1, -0.05) is 11.6 Å². The van der Waals surface area contributed by atoms with E-state index in [0.717, 1.165) is 75.2 Å². The fourth-order valence-electron chi connectivity index (χ4n) is 3.16. The Morgan fingerprint density at radius 1 is 1.41 bits per heavy atom. The van der Waals surface area contributed by atoms with Crippen LogP contribution in [0.1, 0.15) is 25.3 Å². The van der Waals surface area contributed by atoms with E-state index in [-0.39, 0.29) is 6.10 Å². The van der Waals surface area contributed by atoms with E-state index in [1.165, 1.54) is 10.9 Å². The number of aromatic nitrogens is 1. The summed E-state index contributed by atoms with van der Waals surface area (Å²) in [5, 5.41) is 8.63. The van der Waals surface area contributed by atoms with Crippen LogP contribution in [0, 0.1) is 0 Å². The van der Waals surface area contributed by atoms with Crippen LogP contribution < -0.4 is 10.6 Å². The topological polar surface area (TPSA) is 70.7 Å². The van der Waals surface area contributed by atoms with Gasteiger partial charge in [-0.15, -0.1) is 0 Å². The van der Waals surface area contributed by atoms with Crippen LogP contribution in [0.3, 0.4) is 0 Å². The van der Waals surface area contributed by atoms with Crippen molar-refractivity contribution in [3.05, 3.63) is 35.0 Å². The first-order chi connectivity index (χ1) is 13.3. The van der Waals surface area contributed by atoms with Crippen LogP contribution in [-0.2, 0) is 15.9 Å². The van der Waals surface area contributed by atoms with Gasteiger partial charge in [0.25, 0.3) is 0 Å². The van der Waals surface area contributed by atoms with Gasteiger partial charge in [0.15, 0.2) is 5.96 Å². The highest BCUT2D eigenvalue weighted by molar-refractivity contribution is 6.31. The highest BCUT2D eigenvalue weighted by Gasteiger charge is 2.15. The third-order valence-corrected chi connectivity index (χ3v) is 4.81. The van der Waals surface area contributed by atoms with Gasteiger partial charge in [0.2, 0.25) is 0 Å². The SMILES string of the molecule is CCNC(=NCCCOC1CCOC1)NCCc1c[nH]c2ccc(Cl)cc12. The minimum atomic E-state index is 0.269. The molecule has 1 aromatic carbocycles. The number of halogens is 1.